The highest BCUT2D eigenvalue weighted by atomic mass is 16.5. The first-order valence-electron chi connectivity index (χ1n) is 9.43. The third-order valence-corrected chi connectivity index (χ3v) is 5.22. The SMILES string of the molecule is COC(=O)c1ccc(CN2CCN(c3cc(OC)ccc3OC)C(=O)C2C)cc1. The average molecular weight is 398 g/mol. The molecule has 1 aliphatic heterocycles. The lowest BCUT2D eigenvalue weighted by Gasteiger charge is -2.39. The molecule has 2 aromatic carbocycles. The Hall–Kier alpha value is -3.06. The molecule has 0 aromatic heterocycles. The molecular weight excluding hydrogens is 372 g/mol. The van der Waals surface area contributed by atoms with Gasteiger partial charge in [0.2, 0.25) is 5.91 Å². The van der Waals surface area contributed by atoms with Crippen molar-refractivity contribution in [1.29, 1.82) is 0 Å². The summed E-state index contributed by atoms with van der Waals surface area (Å²) in [7, 11) is 4.55. The number of ether oxygens (including phenoxy) is 3. The molecule has 1 amide bonds. The summed E-state index contributed by atoms with van der Waals surface area (Å²) in [6.45, 7) is 3.79. The van der Waals surface area contributed by atoms with Gasteiger partial charge in [-0.3, -0.25) is 9.69 Å². The summed E-state index contributed by atoms with van der Waals surface area (Å²) in [5.74, 6) is 0.961. The Labute approximate surface area is 170 Å². The maximum absolute atomic E-state index is 13.1. The van der Waals surface area contributed by atoms with E-state index in [9.17, 15) is 9.59 Å². The molecule has 0 aliphatic carbocycles. The van der Waals surface area contributed by atoms with Gasteiger partial charge in [0.25, 0.3) is 0 Å². The van der Waals surface area contributed by atoms with Crippen molar-refractivity contribution >= 4 is 17.6 Å². The zero-order chi connectivity index (χ0) is 21.0. The second-order valence-corrected chi connectivity index (χ2v) is 6.86. The predicted octanol–water partition coefficient (Wildman–Crippen LogP) is 2.73. The van der Waals surface area contributed by atoms with Crippen molar-refractivity contribution in [3.63, 3.8) is 0 Å². The minimum absolute atomic E-state index is 0.00832. The summed E-state index contributed by atoms with van der Waals surface area (Å²) in [6.07, 6.45) is 0. The van der Waals surface area contributed by atoms with Gasteiger partial charge in [-0.05, 0) is 36.8 Å². The lowest BCUT2D eigenvalue weighted by molar-refractivity contribution is -0.125. The predicted molar refractivity (Wildman–Crippen MR) is 110 cm³/mol. The zero-order valence-electron chi connectivity index (χ0n) is 17.2. The maximum Gasteiger partial charge on any atom is 0.337 e. The third-order valence-electron chi connectivity index (χ3n) is 5.22. The number of rotatable bonds is 6. The first kappa shape index (κ1) is 20.7. The zero-order valence-corrected chi connectivity index (χ0v) is 17.2. The number of piperazine rings is 1. The molecule has 1 fully saturated rings. The van der Waals surface area contributed by atoms with Gasteiger partial charge in [-0.2, -0.15) is 0 Å². The van der Waals surface area contributed by atoms with Crippen LogP contribution < -0.4 is 14.4 Å². The van der Waals surface area contributed by atoms with Crippen molar-refractivity contribution < 1.29 is 23.8 Å². The molecule has 1 unspecified atom stereocenters. The Morgan fingerprint density at radius 1 is 1.03 bits per heavy atom. The molecule has 1 heterocycles. The molecule has 0 N–H and O–H groups in total. The molecule has 1 aliphatic rings. The standard InChI is InChI=1S/C22H26N2O5/c1-15-21(25)24(19-13-18(27-2)9-10-20(19)28-3)12-11-23(15)14-16-5-7-17(8-6-16)22(26)29-4/h5-10,13,15H,11-12,14H2,1-4H3. The number of hydrogen-bond donors (Lipinski definition) is 0. The van der Waals surface area contributed by atoms with Crippen LogP contribution in [0.1, 0.15) is 22.8 Å². The lowest BCUT2D eigenvalue weighted by atomic mass is 10.1. The van der Waals surface area contributed by atoms with E-state index >= 15 is 0 Å². The van der Waals surface area contributed by atoms with Crippen molar-refractivity contribution in [3.8, 4) is 11.5 Å². The maximum atomic E-state index is 13.1. The Balaban J connectivity index is 1.74. The molecule has 0 spiro atoms. The van der Waals surface area contributed by atoms with Crippen LogP contribution in [0.25, 0.3) is 0 Å². The lowest BCUT2D eigenvalue weighted by Crippen LogP contribution is -2.55. The minimum atomic E-state index is -0.360. The smallest absolute Gasteiger partial charge is 0.337 e. The first-order chi connectivity index (χ1) is 14.0. The van der Waals surface area contributed by atoms with Gasteiger partial charge < -0.3 is 19.1 Å². The van der Waals surface area contributed by atoms with Crippen LogP contribution in [0.5, 0.6) is 11.5 Å². The van der Waals surface area contributed by atoms with E-state index in [1.165, 1.54) is 7.11 Å². The highest BCUT2D eigenvalue weighted by Gasteiger charge is 2.33. The number of esters is 1. The summed E-state index contributed by atoms with van der Waals surface area (Å²) >= 11 is 0. The average Bonchev–Trinajstić information content (AvgIpc) is 2.76. The van der Waals surface area contributed by atoms with Crippen LogP contribution in [0.3, 0.4) is 0 Å². The number of nitrogens with zero attached hydrogens (tertiary/aromatic N) is 2. The Bertz CT molecular complexity index is 881. The number of amides is 1. The quantitative estimate of drug-likeness (QED) is 0.697. The summed E-state index contributed by atoms with van der Waals surface area (Å²) < 4.78 is 15.5. The second-order valence-electron chi connectivity index (χ2n) is 6.86. The summed E-state index contributed by atoms with van der Waals surface area (Å²) in [5.41, 5.74) is 2.26. The van der Waals surface area contributed by atoms with E-state index in [2.05, 4.69) is 4.90 Å². The minimum Gasteiger partial charge on any atom is -0.497 e. The van der Waals surface area contributed by atoms with Crippen molar-refractivity contribution in [3.05, 3.63) is 53.6 Å². The van der Waals surface area contributed by atoms with Gasteiger partial charge in [-0.15, -0.1) is 0 Å². The van der Waals surface area contributed by atoms with Gasteiger partial charge in [0.05, 0.1) is 38.6 Å². The van der Waals surface area contributed by atoms with E-state index in [1.54, 1.807) is 37.3 Å². The van der Waals surface area contributed by atoms with Gasteiger partial charge >= 0.3 is 5.97 Å². The van der Waals surface area contributed by atoms with Gasteiger partial charge in [0.15, 0.2) is 0 Å². The van der Waals surface area contributed by atoms with E-state index in [-0.39, 0.29) is 17.9 Å². The fourth-order valence-electron chi connectivity index (χ4n) is 3.48. The molecule has 2 aromatic rings. The van der Waals surface area contributed by atoms with E-state index in [0.717, 1.165) is 5.56 Å². The van der Waals surface area contributed by atoms with Crippen LogP contribution in [0.4, 0.5) is 5.69 Å². The largest absolute Gasteiger partial charge is 0.497 e. The van der Waals surface area contributed by atoms with E-state index < -0.39 is 0 Å². The molecule has 7 nitrogen and oxygen atoms in total. The van der Waals surface area contributed by atoms with Crippen LogP contribution in [0, 0.1) is 0 Å². The van der Waals surface area contributed by atoms with Gasteiger partial charge in [0.1, 0.15) is 11.5 Å². The highest BCUT2D eigenvalue weighted by molar-refractivity contribution is 5.99. The normalized spacial score (nSPS) is 17.2. The van der Waals surface area contributed by atoms with Crippen LogP contribution >= 0.6 is 0 Å². The first-order valence-corrected chi connectivity index (χ1v) is 9.43. The summed E-state index contributed by atoms with van der Waals surface area (Å²) in [6, 6.07) is 12.4. The molecule has 7 heteroatoms. The van der Waals surface area contributed by atoms with Gasteiger partial charge in [-0.1, -0.05) is 12.1 Å². The monoisotopic (exact) mass is 398 g/mol. The number of hydrogen-bond acceptors (Lipinski definition) is 6. The van der Waals surface area contributed by atoms with Crippen LogP contribution in [-0.4, -0.2) is 57.2 Å². The molecule has 1 saturated heterocycles. The second kappa shape index (κ2) is 8.96. The Morgan fingerprint density at radius 2 is 1.76 bits per heavy atom. The third kappa shape index (κ3) is 4.35. The number of benzene rings is 2. The molecule has 1 atom stereocenters. The highest BCUT2D eigenvalue weighted by Crippen LogP contribution is 2.34. The Morgan fingerprint density at radius 3 is 2.38 bits per heavy atom. The molecule has 0 saturated carbocycles. The topological polar surface area (TPSA) is 68.3 Å². The Kier molecular flexibility index (Phi) is 6.39. The molecule has 0 bridgehead atoms. The molecule has 154 valence electrons. The van der Waals surface area contributed by atoms with Crippen molar-refractivity contribution in [1.82, 2.24) is 4.90 Å². The number of carbonyl (C=O) groups is 2. The van der Waals surface area contributed by atoms with E-state index in [4.69, 9.17) is 14.2 Å². The molecule has 29 heavy (non-hydrogen) atoms. The fraction of sp³-hybridized carbons (Fsp3) is 0.364. The number of carbonyl (C=O) groups excluding carboxylic acids is 2. The van der Waals surface area contributed by atoms with E-state index in [1.807, 2.05) is 31.2 Å². The van der Waals surface area contributed by atoms with Crippen LogP contribution in [0.15, 0.2) is 42.5 Å². The van der Waals surface area contributed by atoms with Gasteiger partial charge in [-0.25, -0.2) is 4.79 Å². The summed E-state index contributed by atoms with van der Waals surface area (Å²) in [4.78, 5) is 28.6. The molecular formula is C22H26N2O5. The fourth-order valence-corrected chi connectivity index (χ4v) is 3.48. The van der Waals surface area contributed by atoms with Crippen LogP contribution in [-0.2, 0) is 16.1 Å². The molecule has 0 radical (unpaired) electrons. The number of methoxy groups -OCH3 is 3. The van der Waals surface area contributed by atoms with Gasteiger partial charge in [0, 0.05) is 25.7 Å². The number of anilines is 1. The van der Waals surface area contributed by atoms with E-state index in [0.29, 0.717) is 42.4 Å². The van der Waals surface area contributed by atoms with Crippen LogP contribution in [0.2, 0.25) is 0 Å². The van der Waals surface area contributed by atoms with Crippen molar-refractivity contribution in [2.45, 2.75) is 19.5 Å². The van der Waals surface area contributed by atoms with Crippen molar-refractivity contribution in [2.24, 2.45) is 0 Å². The molecule has 3 rings (SSSR count). The summed E-state index contributed by atoms with van der Waals surface area (Å²) in [5, 5.41) is 0. The van der Waals surface area contributed by atoms with Crippen molar-refractivity contribution in [2.75, 3.05) is 39.3 Å².